The molecule has 1 aromatic carbocycles. The molecule has 1 aliphatic heterocycles. The number of rotatable bonds is 4. The molecule has 1 aliphatic carbocycles. The third-order valence-corrected chi connectivity index (χ3v) is 5.31. The van der Waals surface area contributed by atoms with E-state index in [9.17, 15) is 4.39 Å². The van der Waals surface area contributed by atoms with Crippen molar-refractivity contribution in [2.24, 2.45) is 16.6 Å². The van der Waals surface area contributed by atoms with Crippen LogP contribution in [0.2, 0.25) is 5.02 Å². The van der Waals surface area contributed by atoms with Gasteiger partial charge in [0, 0.05) is 25.7 Å². The second-order valence-electron chi connectivity index (χ2n) is 6.69. The SMILES string of the molecule is CN1CCC(CN=C(N)N(C)C2CC2)C1c1ccc(Cl)c(F)c1. The van der Waals surface area contributed by atoms with Crippen LogP contribution in [0.25, 0.3) is 0 Å². The van der Waals surface area contributed by atoms with Crippen molar-refractivity contribution in [3.63, 3.8) is 0 Å². The van der Waals surface area contributed by atoms with Crippen LogP contribution in [0, 0.1) is 11.7 Å². The summed E-state index contributed by atoms with van der Waals surface area (Å²) >= 11 is 5.80. The van der Waals surface area contributed by atoms with Crippen LogP contribution in [-0.4, -0.2) is 49.0 Å². The highest BCUT2D eigenvalue weighted by Crippen LogP contribution is 2.37. The van der Waals surface area contributed by atoms with Gasteiger partial charge in [0.05, 0.1) is 5.02 Å². The average Bonchev–Trinajstić information content (AvgIpc) is 3.31. The normalized spacial score (nSPS) is 25.8. The van der Waals surface area contributed by atoms with Gasteiger partial charge in [-0.25, -0.2) is 4.39 Å². The quantitative estimate of drug-likeness (QED) is 0.678. The molecule has 23 heavy (non-hydrogen) atoms. The van der Waals surface area contributed by atoms with Crippen molar-refractivity contribution in [2.45, 2.75) is 31.3 Å². The van der Waals surface area contributed by atoms with Crippen molar-refractivity contribution in [2.75, 3.05) is 27.2 Å². The van der Waals surface area contributed by atoms with Crippen LogP contribution < -0.4 is 5.73 Å². The Balaban J connectivity index is 1.72. The minimum atomic E-state index is -0.361. The van der Waals surface area contributed by atoms with E-state index in [1.165, 1.54) is 12.8 Å². The minimum Gasteiger partial charge on any atom is -0.370 e. The average molecular weight is 339 g/mol. The highest BCUT2D eigenvalue weighted by Gasteiger charge is 2.33. The van der Waals surface area contributed by atoms with Crippen LogP contribution in [0.1, 0.15) is 30.9 Å². The second-order valence-corrected chi connectivity index (χ2v) is 7.10. The van der Waals surface area contributed by atoms with Gasteiger partial charge in [0.25, 0.3) is 0 Å². The molecule has 0 bridgehead atoms. The zero-order chi connectivity index (χ0) is 16.6. The van der Waals surface area contributed by atoms with Crippen LogP contribution in [0.15, 0.2) is 23.2 Å². The first-order valence-electron chi connectivity index (χ1n) is 8.15. The summed E-state index contributed by atoms with van der Waals surface area (Å²) in [5.41, 5.74) is 7.04. The summed E-state index contributed by atoms with van der Waals surface area (Å²) in [6, 6.07) is 5.81. The zero-order valence-electron chi connectivity index (χ0n) is 13.7. The fourth-order valence-electron chi connectivity index (χ4n) is 3.41. The van der Waals surface area contributed by atoms with Crippen molar-refractivity contribution in [3.05, 3.63) is 34.6 Å². The second kappa shape index (κ2) is 6.65. The van der Waals surface area contributed by atoms with E-state index < -0.39 is 0 Å². The Morgan fingerprint density at radius 3 is 2.83 bits per heavy atom. The largest absolute Gasteiger partial charge is 0.370 e. The lowest BCUT2D eigenvalue weighted by Gasteiger charge is -2.25. The molecule has 2 atom stereocenters. The lowest BCUT2D eigenvalue weighted by molar-refractivity contribution is 0.279. The molecule has 0 radical (unpaired) electrons. The molecule has 0 amide bonds. The summed E-state index contributed by atoms with van der Waals surface area (Å²) in [4.78, 5) is 8.91. The summed E-state index contributed by atoms with van der Waals surface area (Å²) in [6.07, 6.45) is 3.44. The van der Waals surface area contributed by atoms with Gasteiger partial charge in [0.2, 0.25) is 0 Å². The smallest absolute Gasteiger partial charge is 0.191 e. The van der Waals surface area contributed by atoms with Crippen LogP contribution in [0.5, 0.6) is 0 Å². The van der Waals surface area contributed by atoms with Gasteiger partial charge in [-0.05, 0) is 56.5 Å². The van der Waals surface area contributed by atoms with Gasteiger partial charge in [-0.3, -0.25) is 9.89 Å². The van der Waals surface area contributed by atoms with Gasteiger partial charge in [0.1, 0.15) is 5.82 Å². The summed E-state index contributed by atoms with van der Waals surface area (Å²) in [6.45, 7) is 1.65. The third kappa shape index (κ3) is 3.61. The summed E-state index contributed by atoms with van der Waals surface area (Å²) in [7, 11) is 4.07. The van der Waals surface area contributed by atoms with E-state index in [4.69, 9.17) is 17.3 Å². The molecule has 2 N–H and O–H groups in total. The molecule has 6 heteroatoms. The molecule has 126 valence electrons. The number of likely N-dealkylation sites (tertiary alicyclic amines) is 1. The van der Waals surface area contributed by atoms with Gasteiger partial charge in [-0.15, -0.1) is 0 Å². The number of halogens is 2. The predicted octanol–water partition coefficient (Wildman–Crippen LogP) is 2.88. The standard InChI is InChI=1S/C17H24ClFN4/c1-22-8-7-12(10-21-17(20)23(2)13-4-5-13)16(22)11-3-6-14(18)15(19)9-11/h3,6,9,12-13,16H,4-5,7-8,10H2,1-2H3,(H2,20,21). The Morgan fingerprint density at radius 2 is 2.17 bits per heavy atom. The lowest BCUT2D eigenvalue weighted by atomic mass is 9.94. The van der Waals surface area contributed by atoms with Crippen molar-refractivity contribution in [1.82, 2.24) is 9.80 Å². The van der Waals surface area contributed by atoms with Crippen LogP contribution in [0.3, 0.4) is 0 Å². The lowest BCUT2D eigenvalue weighted by Crippen LogP contribution is -2.36. The summed E-state index contributed by atoms with van der Waals surface area (Å²) in [5.74, 6) is 0.592. The summed E-state index contributed by atoms with van der Waals surface area (Å²) in [5, 5.41) is 0.166. The zero-order valence-corrected chi connectivity index (χ0v) is 14.4. The van der Waals surface area contributed by atoms with Gasteiger partial charge in [0.15, 0.2) is 5.96 Å². The molecule has 2 unspecified atom stereocenters. The Hall–Kier alpha value is -1.33. The first-order valence-corrected chi connectivity index (χ1v) is 8.53. The number of benzene rings is 1. The van der Waals surface area contributed by atoms with Crippen LogP contribution >= 0.6 is 11.6 Å². The van der Waals surface area contributed by atoms with E-state index in [0.29, 0.717) is 24.5 Å². The predicted molar refractivity (Wildman–Crippen MR) is 92.2 cm³/mol. The van der Waals surface area contributed by atoms with Crippen LogP contribution in [0.4, 0.5) is 4.39 Å². The number of guanidine groups is 1. The van der Waals surface area contributed by atoms with Crippen molar-refractivity contribution < 1.29 is 4.39 Å². The first kappa shape index (κ1) is 16.5. The Labute approximate surface area is 142 Å². The Kier molecular flexibility index (Phi) is 4.78. The fourth-order valence-corrected chi connectivity index (χ4v) is 3.53. The van der Waals surface area contributed by atoms with E-state index in [2.05, 4.69) is 21.8 Å². The Bertz CT molecular complexity index is 602. The molecule has 1 saturated heterocycles. The number of nitrogens with zero attached hydrogens (tertiary/aromatic N) is 3. The maximum atomic E-state index is 13.8. The molecular weight excluding hydrogens is 315 g/mol. The number of hydrogen-bond donors (Lipinski definition) is 1. The molecular formula is C17H24ClFN4. The number of aliphatic imine (C=N–C) groups is 1. The number of hydrogen-bond acceptors (Lipinski definition) is 2. The van der Waals surface area contributed by atoms with Crippen molar-refractivity contribution in [1.29, 1.82) is 0 Å². The van der Waals surface area contributed by atoms with Crippen molar-refractivity contribution in [3.8, 4) is 0 Å². The fraction of sp³-hybridized carbons (Fsp3) is 0.588. The van der Waals surface area contributed by atoms with Gasteiger partial charge in [-0.1, -0.05) is 17.7 Å². The van der Waals surface area contributed by atoms with Crippen molar-refractivity contribution >= 4 is 17.6 Å². The highest BCUT2D eigenvalue weighted by molar-refractivity contribution is 6.30. The first-order chi connectivity index (χ1) is 11.0. The maximum Gasteiger partial charge on any atom is 0.191 e. The van der Waals surface area contributed by atoms with E-state index in [0.717, 1.165) is 18.5 Å². The van der Waals surface area contributed by atoms with E-state index in [-0.39, 0.29) is 16.9 Å². The molecule has 1 aromatic rings. The van der Waals surface area contributed by atoms with E-state index in [1.807, 2.05) is 13.1 Å². The van der Waals surface area contributed by atoms with Crippen LogP contribution in [-0.2, 0) is 0 Å². The topological polar surface area (TPSA) is 44.9 Å². The van der Waals surface area contributed by atoms with E-state index in [1.54, 1.807) is 12.1 Å². The molecule has 0 aromatic heterocycles. The monoisotopic (exact) mass is 338 g/mol. The molecule has 1 saturated carbocycles. The van der Waals surface area contributed by atoms with Gasteiger partial charge < -0.3 is 10.6 Å². The summed E-state index contributed by atoms with van der Waals surface area (Å²) < 4.78 is 13.8. The molecule has 2 fully saturated rings. The minimum absolute atomic E-state index is 0.157. The van der Waals surface area contributed by atoms with E-state index >= 15 is 0 Å². The van der Waals surface area contributed by atoms with Gasteiger partial charge >= 0.3 is 0 Å². The molecule has 4 nitrogen and oxygen atoms in total. The molecule has 0 spiro atoms. The molecule has 1 heterocycles. The Morgan fingerprint density at radius 1 is 1.43 bits per heavy atom. The third-order valence-electron chi connectivity index (χ3n) is 5.00. The molecule has 3 rings (SSSR count). The van der Waals surface area contributed by atoms with Gasteiger partial charge in [-0.2, -0.15) is 0 Å². The number of nitrogens with two attached hydrogens (primary N) is 1. The molecule has 2 aliphatic rings. The highest BCUT2D eigenvalue weighted by atomic mass is 35.5. The maximum absolute atomic E-state index is 13.8.